The van der Waals surface area contributed by atoms with E-state index < -0.39 is 0 Å². The Labute approximate surface area is 151 Å². The van der Waals surface area contributed by atoms with E-state index in [0.717, 1.165) is 44.7 Å². The fraction of sp³-hybridized carbons (Fsp3) is 0.650. The largest absolute Gasteiger partial charge is 0.325 e. The number of amides is 1. The maximum absolute atomic E-state index is 12.5. The van der Waals surface area contributed by atoms with Crippen LogP contribution in [0.2, 0.25) is 0 Å². The molecule has 1 amide bonds. The van der Waals surface area contributed by atoms with E-state index in [9.17, 15) is 4.79 Å². The van der Waals surface area contributed by atoms with Crippen molar-refractivity contribution >= 4 is 11.6 Å². The molecule has 5 nitrogen and oxygen atoms in total. The number of nitrogens with zero attached hydrogens (tertiary/aromatic N) is 3. The lowest BCUT2D eigenvalue weighted by molar-refractivity contribution is -0.118. The molecule has 0 aromatic heterocycles. The summed E-state index contributed by atoms with van der Waals surface area (Å²) in [6.07, 6.45) is 2.16. The van der Waals surface area contributed by atoms with Crippen LogP contribution >= 0.6 is 0 Å². The van der Waals surface area contributed by atoms with Crippen LogP contribution in [0, 0.1) is 5.92 Å². The summed E-state index contributed by atoms with van der Waals surface area (Å²) < 4.78 is 0. The molecule has 1 N–H and O–H groups in total. The van der Waals surface area contributed by atoms with Crippen molar-refractivity contribution in [1.82, 2.24) is 14.7 Å². The van der Waals surface area contributed by atoms with Gasteiger partial charge in [-0.25, -0.2) is 0 Å². The number of carbonyl (C=O) groups is 1. The SMILES string of the molecule is CN(C)CCN1CCN(CCC2CC23C(=O)Nc2ccccc23)CC1. The average Bonchev–Trinajstić information content (AvgIpc) is 3.27. The molecule has 1 spiro atoms. The second kappa shape index (κ2) is 6.71. The number of fused-ring (bicyclic) bond motifs is 2. The lowest BCUT2D eigenvalue weighted by atomic mass is 9.94. The minimum atomic E-state index is -0.204. The molecule has 136 valence electrons. The summed E-state index contributed by atoms with van der Waals surface area (Å²) in [5.74, 6) is 0.745. The van der Waals surface area contributed by atoms with Crippen molar-refractivity contribution in [2.24, 2.45) is 5.92 Å². The first-order valence-corrected chi connectivity index (χ1v) is 9.60. The normalized spacial score (nSPS) is 29.2. The maximum atomic E-state index is 12.5. The van der Waals surface area contributed by atoms with E-state index in [1.54, 1.807) is 0 Å². The molecule has 2 fully saturated rings. The van der Waals surface area contributed by atoms with Crippen molar-refractivity contribution in [3.05, 3.63) is 29.8 Å². The van der Waals surface area contributed by atoms with Gasteiger partial charge in [-0.3, -0.25) is 9.69 Å². The van der Waals surface area contributed by atoms with Gasteiger partial charge in [-0.15, -0.1) is 0 Å². The van der Waals surface area contributed by atoms with Crippen LogP contribution in [0.25, 0.3) is 0 Å². The molecule has 1 aromatic rings. The predicted octanol–water partition coefficient (Wildman–Crippen LogP) is 1.47. The van der Waals surface area contributed by atoms with Crippen LogP contribution in [-0.4, -0.2) is 80.5 Å². The van der Waals surface area contributed by atoms with Crippen molar-refractivity contribution in [3.63, 3.8) is 0 Å². The monoisotopic (exact) mass is 342 g/mol. The molecule has 2 atom stereocenters. The quantitative estimate of drug-likeness (QED) is 0.850. The standard InChI is InChI=1S/C20H30N4O/c1-22(2)9-10-24-13-11-23(12-14-24)8-7-16-15-20(16)17-5-3-4-6-18(17)21-19(20)25/h3-6,16H,7-15H2,1-2H3,(H,21,25). The fourth-order valence-corrected chi connectivity index (χ4v) is 4.54. The second-order valence-electron chi connectivity index (χ2n) is 8.15. The van der Waals surface area contributed by atoms with Crippen LogP contribution in [0.4, 0.5) is 5.69 Å². The molecule has 1 aromatic carbocycles. The van der Waals surface area contributed by atoms with Crippen molar-refractivity contribution in [2.45, 2.75) is 18.3 Å². The zero-order valence-electron chi connectivity index (χ0n) is 15.5. The van der Waals surface area contributed by atoms with Gasteiger partial charge in [0.05, 0.1) is 5.41 Å². The second-order valence-corrected chi connectivity index (χ2v) is 8.15. The van der Waals surface area contributed by atoms with Gasteiger partial charge in [-0.05, 0) is 51.0 Å². The van der Waals surface area contributed by atoms with Gasteiger partial charge in [-0.2, -0.15) is 0 Å². The smallest absolute Gasteiger partial charge is 0.235 e. The minimum Gasteiger partial charge on any atom is -0.325 e. The van der Waals surface area contributed by atoms with Crippen LogP contribution in [0.5, 0.6) is 0 Å². The number of para-hydroxylation sites is 1. The van der Waals surface area contributed by atoms with Gasteiger partial charge in [0.1, 0.15) is 0 Å². The first-order valence-electron chi connectivity index (χ1n) is 9.60. The fourth-order valence-electron chi connectivity index (χ4n) is 4.54. The highest BCUT2D eigenvalue weighted by molar-refractivity contribution is 6.08. The minimum absolute atomic E-state index is 0.204. The Kier molecular flexibility index (Phi) is 4.56. The molecular formula is C20H30N4O. The number of piperazine rings is 1. The van der Waals surface area contributed by atoms with Gasteiger partial charge in [0.2, 0.25) is 5.91 Å². The number of hydrogen-bond donors (Lipinski definition) is 1. The third-order valence-electron chi connectivity index (χ3n) is 6.29. The Morgan fingerprint density at radius 2 is 1.80 bits per heavy atom. The predicted molar refractivity (Wildman–Crippen MR) is 101 cm³/mol. The van der Waals surface area contributed by atoms with Gasteiger partial charge in [0.15, 0.2) is 0 Å². The molecule has 0 bridgehead atoms. The summed E-state index contributed by atoms with van der Waals surface area (Å²) in [6, 6.07) is 8.23. The zero-order chi connectivity index (χ0) is 17.4. The van der Waals surface area contributed by atoms with Gasteiger partial charge < -0.3 is 15.1 Å². The van der Waals surface area contributed by atoms with Crippen LogP contribution in [0.1, 0.15) is 18.4 Å². The lowest BCUT2D eigenvalue weighted by Gasteiger charge is -2.35. The van der Waals surface area contributed by atoms with Crippen molar-refractivity contribution in [3.8, 4) is 0 Å². The van der Waals surface area contributed by atoms with Crippen molar-refractivity contribution in [1.29, 1.82) is 0 Å². The maximum Gasteiger partial charge on any atom is 0.235 e. The molecular weight excluding hydrogens is 312 g/mol. The van der Waals surface area contributed by atoms with E-state index in [1.165, 1.54) is 25.2 Å². The van der Waals surface area contributed by atoms with Crippen LogP contribution < -0.4 is 5.32 Å². The molecule has 2 aliphatic heterocycles. The molecule has 0 radical (unpaired) electrons. The summed E-state index contributed by atoms with van der Waals surface area (Å²) in [5.41, 5.74) is 2.06. The van der Waals surface area contributed by atoms with Gasteiger partial charge in [0.25, 0.3) is 0 Å². The van der Waals surface area contributed by atoms with E-state index >= 15 is 0 Å². The first-order chi connectivity index (χ1) is 12.1. The molecule has 2 heterocycles. The van der Waals surface area contributed by atoms with E-state index in [2.05, 4.69) is 46.2 Å². The van der Waals surface area contributed by atoms with Gasteiger partial charge in [0, 0.05) is 45.0 Å². The molecule has 2 unspecified atom stereocenters. The average molecular weight is 342 g/mol. The summed E-state index contributed by atoms with van der Waals surface area (Å²) >= 11 is 0. The Bertz CT molecular complexity index is 638. The van der Waals surface area contributed by atoms with E-state index in [-0.39, 0.29) is 11.3 Å². The summed E-state index contributed by atoms with van der Waals surface area (Å²) in [4.78, 5) is 19.9. The molecule has 1 aliphatic carbocycles. The summed E-state index contributed by atoms with van der Waals surface area (Å²) in [5, 5.41) is 3.08. The Hall–Kier alpha value is -1.43. The molecule has 4 rings (SSSR count). The number of nitrogens with one attached hydrogen (secondary N) is 1. The topological polar surface area (TPSA) is 38.8 Å². The summed E-state index contributed by atoms with van der Waals surface area (Å²) in [7, 11) is 4.28. The molecule has 25 heavy (non-hydrogen) atoms. The van der Waals surface area contributed by atoms with Crippen LogP contribution in [0.15, 0.2) is 24.3 Å². The number of benzene rings is 1. The highest BCUT2D eigenvalue weighted by Gasteiger charge is 2.63. The number of hydrogen-bond acceptors (Lipinski definition) is 4. The molecule has 5 heteroatoms. The molecule has 1 saturated heterocycles. The van der Waals surface area contributed by atoms with Gasteiger partial charge in [-0.1, -0.05) is 18.2 Å². The highest BCUT2D eigenvalue weighted by Crippen LogP contribution is 2.61. The van der Waals surface area contributed by atoms with E-state index in [1.807, 2.05) is 12.1 Å². The van der Waals surface area contributed by atoms with E-state index in [0.29, 0.717) is 5.92 Å². The van der Waals surface area contributed by atoms with Crippen molar-refractivity contribution in [2.75, 3.05) is 65.2 Å². The van der Waals surface area contributed by atoms with Crippen LogP contribution in [-0.2, 0) is 10.2 Å². The highest BCUT2D eigenvalue weighted by atomic mass is 16.2. The zero-order valence-corrected chi connectivity index (χ0v) is 15.5. The van der Waals surface area contributed by atoms with Crippen molar-refractivity contribution < 1.29 is 4.79 Å². The Morgan fingerprint density at radius 1 is 1.12 bits per heavy atom. The molecule has 1 saturated carbocycles. The third kappa shape index (κ3) is 3.21. The molecule has 3 aliphatic rings. The summed E-state index contributed by atoms with van der Waals surface area (Å²) in [6.45, 7) is 8.11. The lowest BCUT2D eigenvalue weighted by Crippen LogP contribution is -2.48. The Morgan fingerprint density at radius 3 is 2.52 bits per heavy atom. The number of rotatable bonds is 6. The Balaban J connectivity index is 1.26. The number of likely N-dealkylation sites (N-methyl/N-ethyl adjacent to an activating group) is 1. The van der Waals surface area contributed by atoms with Crippen LogP contribution in [0.3, 0.4) is 0 Å². The van der Waals surface area contributed by atoms with E-state index in [4.69, 9.17) is 0 Å². The number of carbonyl (C=O) groups excluding carboxylic acids is 1. The first kappa shape index (κ1) is 17.0. The van der Waals surface area contributed by atoms with Gasteiger partial charge >= 0.3 is 0 Å². The number of anilines is 1. The third-order valence-corrected chi connectivity index (χ3v) is 6.29.